The SMILES string of the molecule is CC(C)C(=O)c1cccc(N2CCN(C)CC2)c1. The summed E-state index contributed by atoms with van der Waals surface area (Å²) in [5.41, 5.74) is 2.01. The van der Waals surface area contributed by atoms with Crippen molar-refractivity contribution in [1.29, 1.82) is 0 Å². The van der Waals surface area contributed by atoms with Crippen molar-refractivity contribution in [2.24, 2.45) is 5.92 Å². The maximum Gasteiger partial charge on any atom is 0.165 e. The second-order valence-electron chi connectivity index (χ2n) is 5.36. The molecule has 0 aromatic heterocycles. The first kappa shape index (κ1) is 13.1. The van der Waals surface area contributed by atoms with E-state index >= 15 is 0 Å². The van der Waals surface area contributed by atoms with Gasteiger partial charge in [0.05, 0.1) is 0 Å². The highest BCUT2D eigenvalue weighted by atomic mass is 16.1. The van der Waals surface area contributed by atoms with Gasteiger partial charge >= 0.3 is 0 Å². The first-order chi connectivity index (χ1) is 8.58. The zero-order valence-electron chi connectivity index (χ0n) is 11.5. The predicted molar refractivity (Wildman–Crippen MR) is 75.3 cm³/mol. The molecule has 1 fully saturated rings. The highest BCUT2D eigenvalue weighted by molar-refractivity contribution is 5.98. The fraction of sp³-hybridized carbons (Fsp3) is 0.533. The van der Waals surface area contributed by atoms with Crippen molar-refractivity contribution >= 4 is 11.5 Å². The van der Waals surface area contributed by atoms with E-state index in [4.69, 9.17) is 0 Å². The minimum absolute atomic E-state index is 0.0627. The minimum atomic E-state index is 0.0627. The number of carbonyl (C=O) groups excluding carboxylic acids is 1. The Balaban J connectivity index is 2.14. The quantitative estimate of drug-likeness (QED) is 0.764. The van der Waals surface area contributed by atoms with Gasteiger partial charge in [0, 0.05) is 43.3 Å². The molecule has 1 aromatic rings. The first-order valence-electron chi connectivity index (χ1n) is 6.65. The third kappa shape index (κ3) is 2.91. The number of likely N-dealkylation sites (N-methyl/N-ethyl adjacent to an activating group) is 1. The molecule has 3 nitrogen and oxygen atoms in total. The molecule has 1 aromatic carbocycles. The van der Waals surface area contributed by atoms with E-state index in [-0.39, 0.29) is 11.7 Å². The molecule has 98 valence electrons. The number of hydrogen-bond acceptors (Lipinski definition) is 3. The Labute approximate surface area is 109 Å². The van der Waals surface area contributed by atoms with E-state index in [1.165, 1.54) is 5.69 Å². The van der Waals surface area contributed by atoms with Crippen molar-refractivity contribution in [2.75, 3.05) is 38.1 Å². The van der Waals surface area contributed by atoms with Crippen LogP contribution in [0.3, 0.4) is 0 Å². The molecule has 0 N–H and O–H groups in total. The molecule has 2 rings (SSSR count). The van der Waals surface area contributed by atoms with Gasteiger partial charge in [-0.25, -0.2) is 0 Å². The second-order valence-corrected chi connectivity index (χ2v) is 5.36. The number of nitrogens with zero attached hydrogens (tertiary/aromatic N) is 2. The Kier molecular flexibility index (Phi) is 4.02. The summed E-state index contributed by atoms with van der Waals surface area (Å²) in [6, 6.07) is 8.04. The van der Waals surface area contributed by atoms with E-state index in [1.54, 1.807) is 0 Å². The van der Waals surface area contributed by atoms with Crippen LogP contribution in [0, 0.1) is 5.92 Å². The van der Waals surface area contributed by atoms with Gasteiger partial charge < -0.3 is 9.80 Å². The summed E-state index contributed by atoms with van der Waals surface area (Å²) in [5.74, 6) is 0.290. The van der Waals surface area contributed by atoms with Gasteiger partial charge in [-0.15, -0.1) is 0 Å². The Morgan fingerprint density at radius 1 is 1.17 bits per heavy atom. The van der Waals surface area contributed by atoms with E-state index in [0.29, 0.717) is 0 Å². The molecule has 1 saturated heterocycles. The summed E-state index contributed by atoms with van der Waals surface area (Å²) < 4.78 is 0. The molecule has 18 heavy (non-hydrogen) atoms. The number of piperazine rings is 1. The van der Waals surface area contributed by atoms with Crippen LogP contribution in [0.25, 0.3) is 0 Å². The van der Waals surface area contributed by atoms with Crippen LogP contribution in [-0.4, -0.2) is 43.9 Å². The lowest BCUT2D eigenvalue weighted by molar-refractivity contribution is 0.0939. The lowest BCUT2D eigenvalue weighted by atomic mass is 10.0. The monoisotopic (exact) mass is 246 g/mol. The fourth-order valence-electron chi connectivity index (χ4n) is 2.25. The average molecular weight is 246 g/mol. The zero-order chi connectivity index (χ0) is 13.1. The van der Waals surface area contributed by atoms with Gasteiger partial charge in [-0.3, -0.25) is 4.79 Å². The van der Waals surface area contributed by atoms with Crippen LogP contribution in [0.1, 0.15) is 24.2 Å². The summed E-state index contributed by atoms with van der Waals surface area (Å²) in [7, 11) is 2.15. The predicted octanol–water partition coefficient (Wildman–Crippen LogP) is 2.28. The molecule has 0 radical (unpaired) electrons. The van der Waals surface area contributed by atoms with Crippen LogP contribution >= 0.6 is 0 Å². The summed E-state index contributed by atoms with van der Waals surface area (Å²) in [6.07, 6.45) is 0. The van der Waals surface area contributed by atoms with Crippen LogP contribution in [0.5, 0.6) is 0 Å². The van der Waals surface area contributed by atoms with Gasteiger partial charge in [-0.05, 0) is 19.2 Å². The third-order valence-electron chi connectivity index (χ3n) is 3.52. The van der Waals surface area contributed by atoms with Crippen molar-refractivity contribution in [2.45, 2.75) is 13.8 Å². The van der Waals surface area contributed by atoms with Crippen molar-refractivity contribution in [1.82, 2.24) is 4.90 Å². The molecule has 3 heteroatoms. The van der Waals surface area contributed by atoms with Crippen molar-refractivity contribution in [3.05, 3.63) is 29.8 Å². The summed E-state index contributed by atoms with van der Waals surface area (Å²) in [5, 5.41) is 0. The lowest BCUT2D eigenvalue weighted by Crippen LogP contribution is -2.44. The third-order valence-corrected chi connectivity index (χ3v) is 3.52. The van der Waals surface area contributed by atoms with E-state index in [0.717, 1.165) is 31.7 Å². The van der Waals surface area contributed by atoms with Crippen molar-refractivity contribution < 1.29 is 4.79 Å². The topological polar surface area (TPSA) is 23.6 Å². The van der Waals surface area contributed by atoms with E-state index < -0.39 is 0 Å². The zero-order valence-corrected chi connectivity index (χ0v) is 11.5. The second kappa shape index (κ2) is 5.53. The van der Waals surface area contributed by atoms with E-state index in [2.05, 4.69) is 22.9 Å². The standard InChI is InChI=1S/C15H22N2O/c1-12(2)15(18)13-5-4-6-14(11-13)17-9-7-16(3)8-10-17/h4-6,11-12H,7-10H2,1-3H3. The molecule has 0 bridgehead atoms. The highest BCUT2D eigenvalue weighted by Crippen LogP contribution is 2.19. The highest BCUT2D eigenvalue weighted by Gasteiger charge is 2.16. The molecular weight excluding hydrogens is 224 g/mol. The Morgan fingerprint density at radius 3 is 2.44 bits per heavy atom. The molecule has 0 spiro atoms. The van der Waals surface area contributed by atoms with Crippen LogP contribution in [0.2, 0.25) is 0 Å². The summed E-state index contributed by atoms with van der Waals surface area (Å²) >= 11 is 0. The largest absolute Gasteiger partial charge is 0.369 e. The molecular formula is C15H22N2O. The molecule has 0 saturated carbocycles. The molecule has 1 heterocycles. The van der Waals surface area contributed by atoms with Crippen LogP contribution in [0.4, 0.5) is 5.69 Å². The Hall–Kier alpha value is -1.35. The lowest BCUT2D eigenvalue weighted by Gasteiger charge is -2.34. The number of carbonyl (C=O) groups is 1. The fourth-order valence-corrected chi connectivity index (χ4v) is 2.25. The average Bonchev–Trinajstić information content (AvgIpc) is 2.38. The number of ketones is 1. The summed E-state index contributed by atoms with van der Waals surface area (Å²) in [6.45, 7) is 8.14. The Bertz CT molecular complexity index is 420. The van der Waals surface area contributed by atoms with Gasteiger partial charge in [0.25, 0.3) is 0 Å². The molecule has 0 aliphatic carbocycles. The number of Topliss-reactive ketones (excluding diaryl/α,β-unsaturated/α-hetero) is 1. The van der Waals surface area contributed by atoms with Gasteiger partial charge in [0.15, 0.2) is 5.78 Å². The van der Waals surface area contributed by atoms with Gasteiger partial charge in [0.1, 0.15) is 0 Å². The maximum atomic E-state index is 12.0. The number of hydrogen-bond donors (Lipinski definition) is 0. The van der Waals surface area contributed by atoms with E-state index in [9.17, 15) is 4.79 Å². The van der Waals surface area contributed by atoms with Crippen LogP contribution in [0.15, 0.2) is 24.3 Å². The molecule has 0 atom stereocenters. The van der Waals surface area contributed by atoms with Crippen LogP contribution in [-0.2, 0) is 0 Å². The van der Waals surface area contributed by atoms with Gasteiger partial charge in [-0.1, -0.05) is 26.0 Å². The first-order valence-corrected chi connectivity index (χ1v) is 6.65. The number of rotatable bonds is 3. The van der Waals surface area contributed by atoms with Crippen LogP contribution < -0.4 is 4.90 Å². The normalized spacial score (nSPS) is 17.2. The van der Waals surface area contributed by atoms with Gasteiger partial charge in [-0.2, -0.15) is 0 Å². The minimum Gasteiger partial charge on any atom is -0.369 e. The smallest absolute Gasteiger partial charge is 0.165 e. The number of benzene rings is 1. The van der Waals surface area contributed by atoms with E-state index in [1.807, 2.05) is 32.0 Å². The molecule has 1 aliphatic rings. The molecule has 1 aliphatic heterocycles. The molecule has 0 amide bonds. The van der Waals surface area contributed by atoms with Crippen molar-refractivity contribution in [3.8, 4) is 0 Å². The summed E-state index contributed by atoms with van der Waals surface area (Å²) in [4.78, 5) is 16.7. The number of anilines is 1. The van der Waals surface area contributed by atoms with Gasteiger partial charge in [0.2, 0.25) is 0 Å². The van der Waals surface area contributed by atoms with Crippen molar-refractivity contribution in [3.63, 3.8) is 0 Å². The Morgan fingerprint density at radius 2 is 1.83 bits per heavy atom. The molecule has 0 unspecified atom stereocenters. The maximum absolute atomic E-state index is 12.0.